The highest BCUT2D eigenvalue weighted by Crippen LogP contribution is 2.55. The summed E-state index contributed by atoms with van der Waals surface area (Å²) in [6.45, 7) is 0.695. The molecule has 21 heavy (non-hydrogen) atoms. The number of benzene rings is 1. The number of methoxy groups -OCH3 is 1. The molecule has 114 valence electrons. The summed E-state index contributed by atoms with van der Waals surface area (Å²) in [7, 11) is 1.44. The van der Waals surface area contributed by atoms with Crippen LogP contribution in [-0.4, -0.2) is 24.8 Å². The highest BCUT2D eigenvalue weighted by molar-refractivity contribution is 5.70. The number of hydrogen-bond donors (Lipinski definition) is 1. The smallest absolute Gasteiger partial charge is 0.306 e. The molecule has 0 amide bonds. The maximum absolute atomic E-state index is 11.6. The molecule has 0 spiro atoms. The van der Waals surface area contributed by atoms with E-state index in [4.69, 9.17) is 14.6 Å². The lowest BCUT2D eigenvalue weighted by Gasteiger charge is -2.53. The monoisotopic (exact) mass is 290 g/mol. The van der Waals surface area contributed by atoms with Gasteiger partial charge in [-0.3, -0.25) is 4.79 Å². The van der Waals surface area contributed by atoms with Gasteiger partial charge in [0.1, 0.15) is 0 Å². The molecule has 4 heteroatoms. The van der Waals surface area contributed by atoms with Crippen molar-refractivity contribution in [1.29, 1.82) is 0 Å². The van der Waals surface area contributed by atoms with E-state index in [1.165, 1.54) is 12.7 Å². The van der Waals surface area contributed by atoms with E-state index in [-0.39, 0.29) is 23.6 Å². The lowest BCUT2D eigenvalue weighted by atomic mass is 9.63. The Kier molecular flexibility index (Phi) is 3.76. The molecule has 1 aromatic carbocycles. The number of aliphatic hydroxyl groups is 1. The highest BCUT2D eigenvalue weighted by Gasteiger charge is 2.51. The first-order valence-electron chi connectivity index (χ1n) is 7.53. The third-order valence-electron chi connectivity index (χ3n) is 5.18. The standard InChI is InChI=1S/C17H22O4/c1-20-15(19)10-16-6-8-17(9-7-16,21-12-16)14-4-2-13(11-18)3-5-14/h2-5,18H,6-12H2,1H3. The predicted octanol–water partition coefficient (Wildman–Crippen LogP) is 2.53. The summed E-state index contributed by atoms with van der Waals surface area (Å²) >= 11 is 0. The van der Waals surface area contributed by atoms with Crippen LogP contribution in [0.5, 0.6) is 0 Å². The lowest BCUT2D eigenvalue weighted by Crippen LogP contribution is -2.50. The number of hydrogen-bond acceptors (Lipinski definition) is 4. The van der Waals surface area contributed by atoms with Gasteiger partial charge in [-0.25, -0.2) is 0 Å². The quantitative estimate of drug-likeness (QED) is 0.866. The Hall–Kier alpha value is -1.39. The Morgan fingerprint density at radius 2 is 1.90 bits per heavy atom. The Morgan fingerprint density at radius 3 is 2.38 bits per heavy atom. The fourth-order valence-corrected chi connectivity index (χ4v) is 3.66. The Morgan fingerprint density at radius 1 is 1.24 bits per heavy atom. The van der Waals surface area contributed by atoms with Crippen LogP contribution in [0.2, 0.25) is 0 Å². The van der Waals surface area contributed by atoms with Gasteiger partial charge in [-0.2, -0.15) is 0 Å². The van der Waals surface area contributed by atoms with Gasteiger partial charge < -0.3 is 14.6 Å². The molecule has 4 nitrogen and oxygen atoms in total. The maximum atomic E-state index is 11.6. The molecule has 1 aromatic rings. The lowest BCUT2D eigenvalue weighted by molar-refractivity contribution is -0.196. The van der Waals surface area contributed by atoms with E-state index in [1.807, 2.05) is 12.1 Å². The van der Waals surface area contributed by atoms with E-state index < -0.39 is 0 Å². The summed E-state index contributed by atoms with van der Waals surface area (Å²) < 4.78 is 11.0. The van der Waals surface area contributed by atoms with Crippen LogP contribution in [0.3, 0.4) is 0 Å². The van der Waals surface area contributed by atoms with Gasteiger partial charge in [0.05, 0.1) is 32.3 Å². The first-order valence-corrected chi connectivity index (χ1v) is 7.53. The normalized spacial score (nSPS) is 31.1. The van der Waals surface area contributed by atoms with Crippen molar-refractivity contribution in [1.82, 2.24) is 0 Å². The number of carbonyl (C=O) groups excluding carboxylic acids is 1. The largest absolute Gasteiger partial charge is 0.469 e. The van der Waals surface area contributed by atoms with Crippen molar-refractivity contribution in [3.63, 3.8) is 0 Å². The van der Waals surface area contributed by atoms with E-state index >= 15 is 0 Å². The van der Waals surface area contributed by atoms with Gasteiger partial charge in [-0.05, 0) is 36.8 Å². The topological polar surface area (TPSA) is 55.8 Å². The number of rotatable bonds is 4. The summed E-state index contributed by atoms with van der Waals surface area (Å²) in [5.41, 5.74) is 1.87. The Balaban J connectivity index is 1.74. The molecule has 1 aliphatic carbocycles. The molecule has 2 aliphatic heterocycles. The van der Waals surface area contributed by atoms with Crippen LogP contribution in [0.15, 0.2) is 24.3 Å². The van der Waals surface area contributed by atoms with Gasteiger partial charge in [0.25, 0.3) is 0 Å². The van der Waals surface area contributed by atoms with Crippen LogP contribution in [0, 0.1) is 5.41 Å². The van der Waals surface area contributed by atoms with Crippen LogP contribution >= 0.6 is 0 Å². The second-order valence-corrected chi connectivity index (χ2v) is 6.39. The van der Waals surface area contributed by atoms with Gasteiger partial charge in [0, 0.05) is 5.41 Å². The van der Waals surface area contributed by atoms with Gasteiger partial charge in [0.2, 0.25) is 0 Å². The van der Waals surface area contributed by atoms with E-state index in [1.54, 1.807) is 0 Å². The zero-order chi connectivity index (χ0) is 14.9. The molecule has 0 atom stereocenters. The van der Waals surface area contributed by atoms with E-state index in [2.05, 4.69) is 12.1 Å². The zero-order valence-corrected chi connectivity index (χ0v) is 12.4. The van der Waals surface area contributed by atoms with E-state index in [0.717, 1.165) is 31.2 Å². The highest BCUT2D eigenvalue weighted by atomic mass is 16.5. The van der Waals surface area contributed by atoms with Gasteiger partial charge >= 0.3 is 5.97 Å². The molecule has 3 aliphatic rings. The summed E-state index contributed by atoms with van der Waals surface area (Å²) in [5.74, 6) is -0.139. The summed E-state index contributed by atoms with van der Waals surface area (Å²) in [6, 6.07) is 8.03. The first-order chi connectivity index (χ1) is 10.1. The first kappa shape index (κ1) is 14.5. The van der Waals surface area contributed by atoms with Crippen molar-refractivity contribution < 1.29 is 19.4 Å². The second kappa shape index (κ2) is 5.43. The van der Waals surface area contributed by atoms with Crippen LogP contribution in [0.25, 0.3) is 0 Å². The molecule has 3 fully saturated rings. The summed E-state index contributed by atoms with van der Waals surface area (Å²) in [6.07, 6.45) is 4.36. The number of esters is 1. The maximum Gasteiger partial charge on any atom is 0.306 e. The molecular formula is C17H22O4. The van der Waals surface area contributed by atoms with E-state index in [9.17, 15) is 4.79 Å². The predicted molar refractivity (Wildman–Crippen MR) is 77.5 cm³/mol. The molecule has 2 saturated heterocycles. The van der Waals surface area contributed by atoms with E-state index in [0.29, 0.717) is 13.0 Å². The molecule has 1 saturated carbocycles. The van der Waals surface area contributed by atoms with Crippen molar-refractivity contribution in [2.24, 2.45) is 5.41 Å². The average Bonchev–Trinajstić information content (AvgIpc) is 2.56. The third-order valence-corrected chi connectivity index (χ3v) is 5.18. The minimum Gasteiger partial charge on any atom is -0.469 e. The SMILES string of the molecule is COC(=O)CC12CCC(c3ccc(CO)cc3)(CC1)OC2. The van der Waals surface area contributed by atoms with Crippen molar-refractivity contribution in [2.45, 2.75) is 44.3 Å². The minimum atomic E-state index is -0.203. The van der Waals surface area contributed by atoms with Crippen LogP contribution in [-0.2, 0) is 26.5 Å². The Labute approximate surface area is 125 Å². The molecule has 2 bridgehead atoms. The van der Waals surface area contributed by atoms with Crippen molar-refractivity contribution in [3.05, 3.63) is 35.4 Å². The van der Waals surface area contributed by atoms with Gasteiger partial charge in [-0.1, -0.05) is 24.3 Å². The van der Waals surface area contributed by atoms with Crippen molar-refractivity contribution >= 4 is 5.97 Å². The zero-order valence-electron chi connectivity index (χ0n) is 12.4. The number of ether oxygens (including phenoxy) is 2. The molecule has 0 radical (unpaired) electrons. The molecule has 1 N–H and O–H groups in total. The fraction of sp³-hybridized carbons (Fsp3) is 0.588. The Bertz CT molecular complexity index is 496. The fourth-order valence-electron chi connectivity index (χ4n) is 3.66. The average molecular weight is 290 g/mol. The molecule has 4 rings (SSSR count). The summed E-state index contributed by atoms with van der Waals surface area (Å²) in [5, 5.41) is 9.13. The number of fused-ring (bicyclic) bond motifs is 3. The van der Waals surface area contributed by atoms with Gasteiger partial charge in [0.15, 0.2) is 0 Å². The third kappa shape index (κ3) is 2.58. The number of aliphatic hydroxyl groups excluding tert-OH is 1. The van der Waals surface area contributed by atoms with Crippen LogP contribution in [0.1, 0.15) is 43.2 Å². The molecule has 0 aromatic heterocycles. The molecule has 2 heterocycles. The molecular weight excluding hydrogens is 268 g/mol. The minimum absolute atomic E-state index is 0.0279. The van der Waals surface area contributed by atoms with Gasteiger partial charge in [-0.15, -0.1) is 0 Å². The van der Waals surface area contributed by atoms with Crippen LogP contribution < -0.4 is 0 Å². The summed E-state index contributed by atoms with van der Waals surface area (Å²) in [4.78, 5) is 11.6. The van der Waals surface area contributed by atoms with Crippen LogP contribution in [0.4, 0.5) is 0 Å². The molecule has 0 unspecified atom stereocenters. The number of carbonyl (C=O) groups is 1. The second-order valence-electron chi connectivity index (χ2n) is 6.39. The van der Waals surface area contributed by atoms with Crippen molar-refractivity contribution in [3.8, 4) is 0 Å². The van der Waals surface area contributed by atoms with Crippen molar-refractivity contribution in [2.75, 3.05) is 13.7 Å².